The fourth-order valence-electron chi connectivity index (χ4n) is 1.78. The number of hydrogen-bond acceptors (Lipinski definition) is 3. The van der Waals surface area contributed by atoms with Gasteiger partial charge in [-0.3, -0.25) is 4.79 Å². The van der Waals surface area contributed by atoms with Crippen molar-refractivity contribution in [3.05, 3.63) is 29.3 Å². The Morgan fingerprint density at radius 2 is 2.20 bits per heavy atom. The van der Waals surface area contributed by atoms with Gasteiger partial charge in [0.25, 0.3) is 0 Å². The Labute approximate surface area is 117 Å². The highest BCUT2D eigenvalue weighted by Crippen LogP contribution is 2.20. The molecule has 0 radical (unpaired) electrons. The van der Waals surface area contributed by atoms with Crippen LogP contribution in [0.2, 0.25) is 0 Å². The molecule has 5 nitrogen and oxygen atoms in total. The highest BCUT2D eigenvalue weighted by Gasteiger charge is 2.19. The Kier molecular flexibility index (Phi) is 5.60. The van der Waals surface area contributed by atoms with Gasteiger partial charge in [0.15, 0.2) is 0 Å². The molecule has 1 atom stereocenters. The Morgan fingerprint density at radius 1 is 1.50 bits per heavy atom. The summed E-state index contributed by atoms with van der Waals surface area (Å²) in [6.45, 7) is 1.90. The number of aryl methyl sites for hydroxylation is 1. The number of amides is 1. The molecule has 0 spiro atoms. The molecule has 1 aromatic carbocycles. The minimum atomic E-state index is -1.15. The number of benzene rings is 1. The number of carbonyl (C=O) groups excluding carboxylic acids is 1. The van der Waals surface area contributed by atoms with E-state index in [1.807, 2.05) is 19.1 Å². The molecule has 0 aromatic heterocycles. The first-order chi connectivity index (χ1) is 9.47. The van der Waals surface area contributed by atoms with E-state index in [-0.39, 0.29) is 12.8 Å². The van der Waals surface area contributed by atoms with Crippen LogP contribution in [0.15, 0.2) is 18.2 Å². The molecule has 2 N–H and O–H groups in total. The Morgan fingerprint density at radius 3 is 2.75 bits per heavy atom. The first-order valence-electron chi connectivity index (χ1n) is 6.07. The van der Waals surface area contributed by atoms with Crippen LogP contribution < -0.4 is 10.1 Å². The number of terminal acetylenes is 1. The lowest BCUT2D eigenvalue weighted by Crippen LogP contribution is -2.41. The summed E-state index contributed by atoms with van der Waals surface area (Å²) < 4.78 is 5.17. The van der Waals surface area contributed by atoms with Crippen LogP contribution in [0.3, 0.4) is 0 Å². The second-order valence-electron chi connectivity index (χ2n) is 4.36. The standard InChI is InChI=1S/C15H17NO4/c1-4-5-12(15(18)19)16-14(17)9-11-8-10(2)6-7-13(11)20-3/h1,6-8,12H,5,9H2,2-3H3,(H,16,17)(H,18,19). The Balaban J connectivity index is 2.78. The van der Waals surface area contributed by atoms with Crippen LogP contribution in [0, 0.1) is 19.3 Å². The van der Waals surface area contributed by atoms with Crippen molar-refractivity contribution in [3.63, 3.8) is 0 Å². The third kappa shape index (κ3) is 4.32. The van der Waals surface area contributed by atoms with E-state index in [0.717, 1.165) is 5.56 Å². The van der Waals surface area contributed by atoms with E-state index < -0.39 is 17.9 Å². The van der Waals surface area contributed by atoms with E-state index in [4.69, 9.17) is 16.3 Å². The molecule has 0 aliphatic carbocycles. The van der Waals surface area contributed by atoms with Crippen LogP contribution in [-0.4, -0.2) is 30.1 Å². The van der Waals surface area contributed by atoms with Crippen LogP contribution >= 0.6 is 0 Å². The van der Waals surface area contributed by atoms with Gasteiger partial charge in [0.2, 0.25) is 5.91 Å². The lowest BCUT2D eigenvalue weighted by atomic mass is 10.1. The second-order valence-corrected chi connectivity index (χ2v) is 4.36. The lowest BCUT2D eigenvalue weighted by molar-refractivity contribution is -0.141. The molecule has 20 heavy (non-hydrogen) atoms. The number of aliphatic carboxylic acids is 1. The van der Waals surface area contributed by atoms with Gasteiger partial charge < -0.3 is 15.2 Å². The first-order valence-corrected chi connectivity index (χ1v) is 6.07. The van der Waals surface area contributed by atoms with Crippen LogP contribution in [0.4, 0.5) is 0 Å². The van der Waals surface area contributed by atoms with Gasteiger partial charge in [-0.05, 0) is 13.0 Å². The third-order valence-corrected chi connectivity index (χ3v) is 2.74. The van der Waals surface area contributed by atoms with E-state index >= 15 is 0 Å². The van der Waals surface area contributed by atoms with Crippen molar-refractivity contribution in [2.45, 2.75) is 25.8 Å². The van der Waals surface area contributed by atoms with Crippen molar-refractivity contribution in [1.29, 1.82) is 0 Å². The molecule has 0 saturated heterocycles. The van der Waals surface area contributed by atoms with Crippen LogP contribution in [-0.2, 0) is 16.0 Å². The molecule has 1 unspecified atom stereocenters. The number of rotatable bonds is 6. The maximum absolute atomic E-state index is 11.9. The van der Waals surface area contributed by atoms with Gasteiger partial charge in [-0.2, -0.15) is 0 Å². The van der Waals surface area contributed by atoms with Crippen molar-refractivity contribution < 1.29 is 19.4 Å². The van der Waals surface area contributed by atoms with E-state index in [9.17, 15) is 9.59 Å². The predicted octanol–water partition coefficient (Wildman–Crippen LogP) is 1.14. The fraction of sp³-hybridized carbons (Fsp3) is 0.333. The summed E-state index contributed by atoms with van der Waals surface area (Å²) in [5.74, 6) is 1.27. The Hall–Kier alpha value is -2.48. The summed E-state index contributed by atoms with van der Waals surface area (Å²) in [6, 6.07) is 4.41. The molecule has 0 aliphatic rings. The second kappa shape index (κ2) is 7.19. The molecular formula is C15H17NO4. The summed E-state index contributed by atoms with van der Waals surface area (Å²) >= 11 is 0. The topological polar surface area (TPSA) is 75.6 Å². The van der Waals surface area contributed by atoms with Gasteiger partial charge in [-0.1, -0.05) is 17.7 Å². The molecule has 0 aliphatic heterocycles. The van der Waals surface area contributed by atoms with Gasteiger partial charge in [-0.25, -0.2) is 4.79 Å². The number of carbonyl (C=O) groups is 2. The van der Waals surface area contributed by atoms with E-state index in [1.54, 1.807) is 6.07 Å². The molecule has 0 heterocycles. The van der Waals surface area contributed by atoms with Gasteiger partial charge in [0, 0.05) is 12.0 Å². The average molecular weight is 275 g/mol. The zero-order valence-electron chi connectivity index (χ0n) is 11.5. The third-order valence-electron chi connectivity index (χ3n) is 2.74. The van der Waals surface area contributed by atoms with Gasteiger partial charge in [-0.15, -0.1) is 12.3 Å². The summed E-state index contributed by atoms with van der Waals surface area (Å²) in [6.07, 6.45) is 5.07. The fourth-order valence-corrected chi connectivity index (χ4v) is 1.78. The van der Waals surface area contributed by atoms with Crippen molar-refractivity contribution in [2.24, 2.45) is 0 Å². The first kappa shape index (κ1) is 15.6. The van der Waals surface area contributed by atoms with Gasteiger partial charge in [0.05, 0.1) is 13.5 Å². The molecule has 0 bridgehead atoms. The molecule has 1 amide bonds. The van der Waals surface area contributed by atoms with E-state index in [1.165, 1.54) is 7.11 Å². The summed E-state index contributed by atoms with van der Waals surface area (Å²) in [7, 11) is 1.52. The summed E-state index contributed by atoms with van der Waals surface area (Å²) in [4.78, 5) is 22.8. The minimum Gasteiger partial charge on any atom is -0.496 e. The zero-order valence-corrected chi connectivity index (χ0v) is 11.5. The quantitative estimate of drug-likeness (QED) is 0.763. The zero-order chi connectivity index (χ0) is 15.1. The average Bonchev–Trinajstić information content (AvgIpc) is 2.38. The molecule has 5 heteroatoms. The lowest BCUT2D eigenvalue weighted by Gasteiger charge is -2.13. The maximum atomic E-state index is 11.9. The smallest absolute Gasteiger partial charge is 0.327 e. The van der Waals surface area contributed by atoms with Gasteiger partial charge in [0.1, 0.15) is 11.8 Å². The number of carboxylic acid groups (broad SMARTS) is 1. The normalized spacial score (nSPS) is 11.2. The van der Waals surface area contributed by atoms with Crippen molar-refractivity contribution in [1.82, 2.24) is 5.32 Å². The van der Waals surface area contributed by atoms with Gasteiger partial charge >= 0.3 is 5.97 Å². The molecule has 1 aromatic rings. The maximum Gasteiger partial charge on any atom is 0.327 e. The van der Waals surface area contributed by atoms with E-state index in [0.29, 0.717) is 11.3 Å². The summed E-state index contributed by atoms with van der Waals surface area (Å²) in [5.41, 5.74) is 1.70. The highest BCUT2D eigenvalue weighted by atomic mass is 16.5. The monoisotopic (exact) mass is 275 g/mol. The SMILES string of the molecule is C#CCC(NC(=O)Cc1cc(C)ccc1OC)C(=O)O. The van der Waals surface area contributed by atoms with Crippen molar-refractivity contribution in [3.8, 4) is 18.1 Å². The van der Waals surface area contributed by atoms with Crippen LogP contribution in [0.1, 0.15) is 17.5 Å². The van der Waals surface area contributed by atoms with Crippen LogP contribution in [0.5, 0.6) is 5.75 Å². The highest BCUT2D eigenvalue weighted by molar-refractivity contribution is 5.85. The number of nitrogens with one attached hydrogen (secondary N) is 1. The number of hydrogen-bond donors (Lipinski definition) is 2. The van der Waals surface area contributed by atoms with Crippen LogP contribution in [0.25, 0.3) is 0 Å². The molecule has 1 rings (SSSR count). The number of methoxy groups -OCH3 is 1. The van der Waals surface area contributed by atoms with E-state index in [2.05, 4.69) is 11.2 Å². The predicted molar refractivity (Wildman–Crippen MR) is 74.5 cm³/mol. The van der Waals surface area contributed by atoms with Crippen molar-refractivity contribution in [2.75, 3.05) is 7.11 Å². The van der Waals surface area contributed by atoms with Crippen molar-refractivity contribution >= 4 is 11.9 Å². The number of ether oxygens (including phenoxy) is 1. The molecule has 0 saturated carbocycles. The minimum absolute atomic E-state index is 0.0409. The number of carboxylic acids is 1. The molecule has 0 fully saturated rings. The molecular weight excluding hydrogens is 258 g/mol. The largest absolute Gasteiger partial charge is 0.496 e. The summed E-state index contributed by atoms with van der Waals surface area (Å²) in [5, 5.41) is 11.3. The Bertz CT molecular complexity index is 545. The molecule has 106 valence electrons.